The summed E-state index contributed by atoms with van der Waals surface area (Å²) in [7, 11) is 0. The first kappa shape index (κ1) is 19.3. The largest absolute Gasteiger partial charge is 0.378 e. The fourth-order valence-electron chi connectivity index (χ4n) is 3.41. The first-order valence-electron chi connectivity index (χ1n) is 9.04. The maximum atomic E-state index is 12.2. The van der Waals surface area contributed by atoms with E-state index in [1.165, 1.54) is 31.9 Å². The molecule has 4 rings (SSSR count). The highest BCUT2D eigenvalue weighted by molar-refractivity contribution is 6.41. The summed E-state index contributed by atoms with van der Waals surface area (Å²) in [4.78, 5) is 12.2. The number of rotatable bonds is 5. The van der Waals surface area contributed by atoms with Gasteiger partial charge in [0.15, 0.2) is 0 Å². The first-order valence-corrected chi connectivity index (χ1v) is 10.2. The van der Waals surface area contributed by atoms with Crippen LogP contribution >= 0.6 is 34.8 Å². The normalized spacial score (nSPS) is 14.5. The van der Waals surface area contributed by atoms with Crippen molar-refractivity contribution in [2.75, 3.05) is 5.32 Å². The minimum Gasteiger partial charge on any atom is -0.378 e. The Bertz CT molecular complexity index is 1060. The van der Waals surface area contributed by atoms with Crippen LogP contribution in [0.3, 0.4) is 0 Å². The van der Waals surface area contributed by atoms with Gasteiger partial charge in [-0.3, -0.25) is 9.48 Å². The van der Waals surface area contributed by atoms with Gasteiger partial charge in [0.2, 0.25) is 0 Å². The van der Waals surface area contributed by atoms with Crippen molar-refractivity contribution in [3.8, 4) is 5.69 Å². The topological polar surface area (TPSA) is 64.7 Å². The van der Waals surface area contributed by atoms with Gasteiger partial charge in [-0.15, -0.1) is 0 Å². The number of anilines is 1. The monoisotopic (exact) mass is 437 g/mol. The smallest absolute Gasteiger partial charge is 0.291 e. The third-order valence-corrected chi connectivity index (χ3v) is 5.96. The van der Waals surface area contributed by atoms with Crippen molar-refractivity contribution in [1.29, 1.82) is 0 Å². The van der Waals surface area contributed by atoms with Gasteiger partial charge in [0.25, 0.3) is 5.56 Å². The average Bonchev–Trinajstić information content (AvgIpc) is 3.37. The van der Waals surface area contributed by atoms with Crippen LogP contribution in [0.15, 0.2) is 41.5 Å². The Morgan fingerprint density at radius 3 is 2.64 bits per heavy atom. The van der Waals surface area contributed by atoms with Crippen molar-refractivity contribution in [1.82, 2.24) is 19.6 Å². The van der Waals surface area contributed by atoms with E-state index in [4.69, 9.17) is 34.8 Å². The molecule has 0 amide bonds. The van der Waals surface area contributed by atoms with Gasteiger partial charge < -0.3 is 5.32 Å². The summed E-state index contributed by atoms with van der Waals surface area (Å²) < 4.78 is 3.23. The molecule has 1 saturated carbocycles. The van der Waals surface area contributed by atoms with Crippen LogP contribution in [0, 0.1) is 0 Å². The lowest BCUT2D eigenvalue weighted by molar-refractivity contribution is 0.463. The highest BCUT2D eigenvalue weighted by atomic mass is 35.5. The van der Waals surface area contributed by atoms with Crippen LogP contribution in [0.25, 0.3) is 5.69 Å². The third-order valence-electron chi connectivity index (χ3n) is 4.90. The average molecular weight is 439 g/mol. The van der Waals surface area contributed by atoms with E-state index in [-0.39, 0.29) is 10.0 Å². The van der Waals surface area contributed by atoms with E-state index in [2.05, 4.69) is 20.2 Å². The number of hydrogen-bond acceptors (Lipinski definition) is 4. The van der Waals surface area contributed by atoms with Crippen molar-refractivity contribution in [3.63, 3.8) is 0 Å². The van der Waals surface area contributed by atoms with Gasteiger partial charge in [0.1, 0.15) is 5.02 Å². The zero-order valence-electron chi connectivity index (χ0n) is 14.9. The molecule has 2 heterocycles. The summed E-state index contributed by atoms with van der Waals surface area (Å²) in [5, 5.41) is 12.5. The summed E-state index contributed by atoms with van der Waals surface area (Å²) in [5.74, 6) is 0. The standard InChI is InChI=1S/C19H18Cl3N5O/c20-15-9-14(27-19(28)18(22)16(21)11-24-27)5-6-17(15)23-10-12-7-8-26(25-12)13-3-1-2-4-13/h5-9,11,13,23H,1-4,10H2. The Balaban J connectivity index is 1.48. The van der Waals surface area contributed by atoms with E-state index in [1.54, 1.807) is 18.2 Å². The van der Waals surface area contributed by atoms with Crippen LogP contribution in [0.4, 0.5) is 5.69 Å². The van der Waals surface area contributed by atoms with E-state index in [9.17, 15) is 4.79 Å². The summed E-state index contributed by atoms with van der Waals surface area (Å²) in [6, 6.07) is 7.73. The fourth-order valence-corrected chi connectivity index (χ4v) is 3.90. The molecule has 0 saturated heterocycles. The quantitative estimate of drug-likeness (QED) is 0.601. The van der Waals surface area contributed by atoms with Crippen LogP contribution in [0.2, 0.25) is 15.1 Å². The van der Waals surface area contributed by atoms with E-state index in [0.717, 1.165) is 16.1 Å². The molecule has 1 aromatic carbocycles. The lowest BCUT2D eigenvalue weighted by Crippen LogP contribution is -2.21. The van der Waals surface area contributed by atoms with Gasteiger partial charge in [0.05, 0.1) is 45.9 Å². The second kappa shape index (κ2) is 8.15. The maximum absolute atomic E-state index is 12.2. The molecule has 3 aromatic rings. The summed E-state index contributed by atoms with van der Waals surface area (Å²) in [6.07, 6.45) is 8.31. The summed E-state index contributed by atoms with van der Waals surface area (Å²) in [5.41, 5.74) is 1.70. The summed E-state index contributed by atoms with van der Waals surface area (Å²) in [6.45, 7) is 0.559. The highest BCUT2D eigenvalue weighted by Gasteiger charge is 2.17. The zero-order valence-corrected chi connectivity index (χ0v) is 17.2. The number of halogens is 3. The van der Waals surface area contributed by atoms with Crippen molar-refractivity contribution in [3.05, 3.63) is 67.8 Å². The second-order valence-corrected chi connectivity index (χ2v) is 7.96. The molecule has 1 aliphatic carbocycles. The van der Waals surface area contributed by atoms with Gasteiger partial charge in [0, 0.05) is 6.20 Å². The van der Waals surface area contributed by atoms with Crippen LogP contribution in [-0.2, 0) is 6.54 Å². The molecule has 1 N–H and O–H groups in total. The van der Waals surface area contributed by atoms with Crippen LogP contribution in [0.1, 0.15) is 37.4 Å². The number of nitrogens with zero attached hydrogens (tertiary/aromatic N) is 4. The molecule has 28 heavy (non-hydrogen) atoms. The fraction of sp³-hybridized carbons (Fsp3) is 0.316. The molecular weight excluding hydrogens is 421 g/mol. The van der Waals surface area contributed by atoms with Crippen LogP contribution < -0.4 is 10.9 Å². The summed E-state index contributed by atoms with van der Waals surface area (Å²) >= 11 is 18.1. The maximum Gasteiger partial charge on any atom is 0.291 e. The van der Waals surface area contributed by atoms with Gasteiger partial charge in [-0.25, -0.2) is 0 Å². The van der Waals surface area contributed by atoms with E-state index < -0.39 is 5.56 Å². The molecule has 0 unspecified atom stereocenters. The number of hydrogen-bond donors (Lipinski definition) is 1. The van der Waals surface area contributed by atoms with Crippen molar-refractivity contribution < 1.29 is 0 Å². The van der Waals surface area contributed by atoms with Gasteiger partial charge in [-0.05, 0) is 37.1 Å². The van der Waals surface area contributed by atoms with Crippen molar-refractivity contribution in [2.45, 2.75) is 38.3 Å². The molecule has 0 spiro atoms. The molecular formula is C19H18Cl3N5O. The Kier molecular flexibility index (Phi) is 5.62. The molecule has 0 atom stereocenters. The number of aromatic nitrogens is 4. The van der Waals surface area contributed by atoms with Crippen LogP contribution in [0.5, 0.6) is 0 Å². The molecule has 1 fully saturated rings. The molecule has 146 valence electrons. The minimum atomic E-state index is -0.497. The van der Waals surface area contributed by atoms with Crippen molar-refractivity contribution in [2.24, 2.45) is 0 Å². The SMILES string of the molecule is O=c1c(Cl)c(Cl)cnn1-c1ccc(NCc2ccn(C3CCCC3)n2)c(Cl)c1. The minimum absolute atomic E-state index is 0.0761. The Morgan fingerprint density at radius 2 is 1.89 bits per heavy atom. The molecule has 6 nitrogen and oxygen atoms in total. The lowest BCUT2D eigenvalue weighted by Gasteiger charge is -2.11. The van der Waals surface area contributed by atoms with Gasteiger partial charge in [-0.2, -0.15) is 14.9 Å². The zero-order chi connectivity index (χ0) is 19.7. The Labute approximate surface area is 177 Å². The molecule has 0 bridgehead atoms. The first-order chi connectivity index (χ1) is 13.5. The Morgan fingerprint density at radius 1 is 1.11 bits per heavy atom. The molecule has 0 aliphatic heterocycles. The van der Waals surface area contributed by atoms with E-state index in [0.29, 0.717) is 23.3 Å². The van der Waals surface area contributed by atoms with Crippen LogP contribution in [-0.4, -0.2) is 19.6 Å². The van der Waals surface area contributed by atoms with Gasteiger partial charge >= 0.3 is 0 Å². The highest BCUT2D eigenvalue weighted by Crippen LogP contribution is 2.29. The molecule has 1 aliphatic rings. The van der Waals surface area contributed by atoms with Crippen molar-refractivity contribution >= 4 is 40.5 Å². The molecule has 9 heteroatoms. The van der Waals surface area contributed by atoms with Gasteiger partial charge in [-0.1, -0.05) is 47.6 Å². The number of nitrogens with one attached hydrogen (secondary N) is 1. The molecule has 2 aromatic heterocycles. The third kappa shape index (κ3) is 3.90. The predicted octanol–water partition coefficient (Wildman–Crippen LogP) is 5.12. The second-order valence-electron chi connectivity index (χ2n) is 6.77. The lowest BCUT2D eigenvalue weighted by atomic mass is 10.2. The van der Waals surface area contributed by atoms with E-state index >= 15 is 0 Å². The molecule has 0 radical (unpaired) electrons. The van der Waals surface area contributed by atoms with E-state index in [1.807, 2.05) is 12.3 Å². The Hall–Kier alpha value is -2.02. The number of benzene rings is 1. The predicted molar refractivity (Wildman–Crippen MR) is 112 cm³/mol.